The van der Waals surface area contributed by atoms with Gasteiger partial charge in [0.1, 0.15) is 11.6 Å². The molecule has 2 rings (SSSR count). The Morgan fingerprint density at radius 1 is 1.42 bits per heavy atom. The molecule has 7 heteroatoms. The molecule has 1 aromatic heterocycles. The molecule has 0 saturated heterocycles. The maximum atomic E-state index is 12.8. The molecule has 1 unspecified atom stereocenters. The van der Waals surface area contributed by atoms with E-state index < -0.39 is 11.7 Å². The van der Waals surface area contributed by atoms with Gasteiger partial charge in [-0.25, -0.2) is 10.8 Å². The van der Waals surface area contributed by atoms with Crippen LogP contribution in [0.2, 0.25) is 0 Å². The lowest BCUT2D eigenvalue weighted by Gasteiger charge is -2.27. The number of hydrazine groups is 1. The van der Waals surface area contributed by atoms with Gasteiger partial charge in [-0.05, 0) is 37.8 Å². The van der Waals surface area contributed by atoms with E-state index in [9.17, 15) is 13.2 Å². The number of hydrogen-bond donors (Lipinski definition) is 2. The van der Waals surface area contributed by atoms with Gasteiger partial charge in [-0.15, -0.1) is 0 Å². The highest BCUT2D eigenvalue weighted by atomic mass is 19.4. The Balaban J connectivity index is 2.33. The van der Waals surface area contributed by atoms with Gasteiger partial charge in [-0.3, -0.25) is 0 Å². The zero-order valence-electron chi connectivity index (χ0n) is 10.8. The number of rotatable bonds is 4. The van der Waals surface area contributed by atoms with Crippen molar-refractivity contribution in [2.24, 2.45) is 11.8 Å². The fourth-order valence-corrected chi connectivity index (χ4v) is 2.04. The maximum Gasteiger partial charge on any atom is 0.416 e. The molecule has 1 aliphatic carbocycles. The molecule has 0 bridgehead atoms. The highest BCUT2D eigenvalue weighted by Crippen LogP contribution is 2.37. The van der Waals surface area contributed by atoms with Gasteiger partial charge in [0.25, 0.3) is 0 Å². The van der Waals surface area contributed by atoms with E-state index in [2.05, 4.69) is 10.4 Å². The number of nitrogens with one attached hydrogen (secondary N) is 1. The van der Waals surface area contributed by atoms with Gasteiger partial charge in [-0.1, -0.05) is 0 Å². The predicted octanol–water partition coefficient (Wildman–Crippen LogP) is 2.62. The molecule has 0 aromatic carbocycles. The highest BCUT2D eigenvalue weighted by molar-refractivity contribution is 5.51. The van der Waals surface area contributed by atoms with Crippen molar-refractivity contribution in [2.45, 2.75) is 32.0 Å². The minimum absolute atomic E-state index is 0.0136. The van der Waals surface area contributed by atoms with E-state index in [0.717, 1.165) is 25.0 Å². The van der Waals surface area contributed by atoms with E-state index in [1.165, 1.54) is 0 Å². The van der Waals surface area contributed by atoms with Crippen LogP contribution in [0.3, 0.4) is 0 Å². The molecule has 1 aromatic rings. The third-order valence-electron chi connectivity index (χ3n) is 3.56. The van der Waals surface area contributed by atoms with E-state index in [1.54, 1.807) is 11.9 Å². The minimum Gasteiger partial charge on any atom is -0.357 e. The molecule has 1 atom stereocenters. The molecule has 106 valence electrons. The number of pyridine rings is 1. The summed E-state index contributed by atoms with van der Waals surface area (Å²) in [5.41, 5.74) is 1.43. The number of aromatic nitrogens is 1. The predicted molar refractivity (Wildman–Crippen MR) is 67.6 cm³/mol. The molecular formula is C12H17F3N4. The van der Waals surface area contributed by atoms with Crippen LogP contribution in [0.5, 0.6) is 0 Å². The number of halogens is 3. The molecule has 0 spiro atoms. The number of nitrogens with zero attached hydrogens (tertiary/aromatic N) is 2. The van der Waals surface area contributed by atoms with Crippen LogP contribution in [0.1, 0.15) is 25.3 Å². The molecule has 1 saturated carbocycles. The fourth-order valence-electron chi connectivity index (χ4n) is 2.04. The van der Waals surface area contributed by atoms with Crippen LogP contribution in [0, 0.1) is 5.92 Å². The van der Waals surface area contributed by atoms with Gasteiger partial charge in [0, 0.05) is 13.1 Å². The number of anilines is 2. The average molecular weight is 274 g/mol. The van der Waals surface area contributed by atoms with Crippen LogP contribution < -0.4 is 16.2 Å². The fraction of sp³-hybridized carbons (Fsp3) is 0.583. The van der Waals surface area contributed by atoms with Gasteiger partial charge >= 0.3 is 6.18 Å². The zero-order chi connectivity index (χ0) is 14.2. The lowest BCUT2D eigenvalue weighted by molar-refractivity contribution is -0.137. The Labute approximate surface area is 109 Å². The summed E-state index contributed by atoms with van der Waals surface area (Å²) in [6.07, 6.45) is -2.17. The van der Waals surface area contributed by atoms with Crippen molar-refractivity contribution in [1.29, 1.82) is 0 Å². The van der Waals surface area contributed by atoms with Gasteiger partial charge in [0.05, 0.1) is 5.56 Å². The van der Waals surface area contributed by atoms with Crippen LogP contribution in [0.25, 0.3) is 0 Å². The maximum absolute atomic E-state index is 12.8. The van der Waals surface area contributed by atoms with E-state index in [-0.39, 0.29) is 17.7 Å². The normalized spacial score (nSPS) is 17.2. The van der Waals surface area contributed by atoms with Crippen LogP contribution in [0.4, 0.5) is 24.8 Å². The number of nitrogens with two attached hydrogens (primary N) is 1. The summed E-state index contributed by atoms with van der Waals surface area (Å²) in [6.45, 7) is 2.00. The Morgan fingerprint density at radius 2 is 2.05 bits per heavy atom. The Morgan fingerprint density at radius 3 is 2.53 bits per heavy atom. The Kier molecular flexibility index (Phi) is 3.58. The lowest BCUT2D eigenvalue weighted by atomic mass is 10.1. The van der Waals surface area contributed by atoms with Crippen molar-refractivity contribution in [2.75, 3.05) is 17.4 Å². The van der Waals surface area contributed by atoms with Crippen molar-refractivity contribution in [3.63, 3.8) is 0 Å². The van der Waals surface area contributed by atoms with Gasteiger partial charge in [0.2, 0.25) is 0 Å². The van der Waals surface area contributed by atoms with Crippen LogP contribution >= 0.6 is 0 Å². The summed E-state index contributed by atoms with van der Waals surface area (Å²) in [6, 6.07) is 2.13. The number of alkyl halides is 3. The van der Waals surface area contributed by atoms with Crippen molar-refractivity contribution < 1.29 is 13.2 Å². The second-order valence-electron chi connectivity index (χ2n) is 4.93. The summed E-state index contributed by atoms with van der Waals surface area (Å²) in [7, 11) is 1.76. The number of nitrogen functional groups attached to an aromatic ring is 1. The lowest BCUT2D eigenvalue weighted by Crippen LogP contribution is -2.31. The first-order chi connectivity index (χ1) is 8.82. The third kappa shape index (κ3) is 3.09. The van der Waals surface area contributed by atoms with Crippen molar-refractivity contribution >= 4 is 11.6 Å². The van der Waals surface area contributed by atoms with Crippen LogP contribution in [-0.4, -0.2) is 18.1 Å². The summed E-state index contributed by atoms with van der Waals surface area (Å²) < 4.78 is 38.4. The van der Waals surface area contributed by atoms with E-state index in [1.807, 2.05) is 6.92 Å². The molecular weight excluding hydrogens is 257 g/mol. The molecule has 1 aliphatic rings. The monoisotopic (exact) mass is 274 g/mol. The topological polar surface area (TPSA) is 54.2 Å². The Hall–Kier alpha value is -1.50. The zero-order valence-corrected chi connectivity index (χ0v) is 10.8. The second-order valence-corrected chi connectivity index (χ2v) is 4.93. The van der Waals surface area contributed by atoms with Gasteiger partial charge < -0.3 is 10.3 Å². The average Bonchev–Trinajstić information content (AvgIpc) is 3.19. The summed E-state index contributed by atoms with van der Waals surface area (Å²) in [4.78, 5) is 5.86. The molecule has 1 heterocycles. The second kappa shape index (κ2) is 4.88. The minimum atomic E-state index is -4.41. The van der Waals surface area contributed by atoms with E-state index >= 15 is 0 Å². The first-order valence-electron chi connectivity index (χ1n) is 6.11. The standard InChI is InChI=1S/C12H17F3N4/c1-7(8-3-4-8)19(2)11-6-9(12(13,14)15)5-10(17-11)18-16/h5-8H,3-4,16H2,1-2H3,(H,17,18). The van der Waals surface area contributed by atoms with Crippen molar-refractivity contribution in [1.82, 2.24) is 4.98 Å². The third-order valence-corrected chi connectivity index (χ3v) is 3.56. The highest BCUT2D eigenvalue weighted by Gasteiger charge is 2.34. The van der Waals surface area contributed by atoms with Crippen molar-refractivity contribution in [3.8, 4) is 0 Å². The Bertz CT molecular complexity index is 457. The SMILES string of the molecule is CC(C1CC1)N(C)c1cc(C(F)(F)F)cc(NN)n1. The van der Waals surface area contributed by atoms with Crippen molar-refractivity contribution in [3.05, 3.63) is 17.7 Å². The summed E-state index contributed by atoms with van der Waals surface area (Å²) in [5, 5.41) is 0. The largest absolute Gasteiger partial charge is 0.416 e. The molecule has 0 aliphatic heterocycles. The van der Waals surface area contributed by atoms with Gasteiger partial charge in [-0.2, -0.15) is 13.2 Å². The smallest absolute Gasteiger partial charge is 0.357 e. The van der Waals surface area contributed by atoms with E-state index in [4.69, 9.17) is 5.84 Å². The first-order valence-corrected chi connectivity index (χ1v) is 6.11. The van der Waals surface area contributed by atoms with E-state index in [0.29, 0.717) is 5.92 Å². The molecule has 0 amide bonds. The number of hydrogen-bond acceptors (Lipinski definition) is 4. The summed E-state index contributed by atoms with van der Waals surface area (Å²) >= 11 is 0. The van der Waals surface area contributed by atoms with Crippen LogP contribution in [0.15, 0.2) is 12.1 Å². The molecule has 1 fully saturated rings. The molecule has 4 nitrogen and oxygen atoms in total. The quantitative estimate of drug-likeness (QED) is 0.654. The molecule has 19 heavy (non-hydrogen) atoms. The first kappa shape index (κ1) is 13.9. The molecule has 3 N–H and O–H groups in total. The van der Waals surface area contributed by atoms with Gasteiger partial charge in [0.15, 0.2) is 0 Å². The molecule has 0 radical (unpaired) electrons. The van der Waals surface area contributed by atoms with Crippen LogP contribution in [-0.2, 0) is 6.18 Å². The summed E-state index contributed by atoms with van der Waals surface area (Å²) in [5.74, 6) is 6.01.